The zero-order valence-corrected chi connectivity index (χ0v) is 14.7. The molecule has 1 aromatic heterocycles. The van der Waals surface area contributed by atoms with E-state index in [9.17, 15) is 4.79 Å². The van der Waals surface area contributed by atoms with E-state index in [0.717, 1.165) is 26.6 Å². The van der Waals surface area contributed by atoms with E-state index in [4.69, 9.17) is 0 Å². The molecule has 1 aliphatic heterocycles. The third-order valence-corrected chi connectivity index (χ3v) is 4.89. The van der Waals surface area contributed by atoms with Gasteiger partial charge in [-0.05, 0) is 44.2 Å². The van der Waals surface area contributed by atoms with Crippen LogP contribution < -0.4 is 10.3 Å². The van der Waals surface area contributed by atoms with Crippen molar-refractivity contribution in [1.82, 2.24) is 4.98 Å². The first-order valence-corrected chi connectivity index (χ1v) is 8.72. The van der Waals surface area contributed by atoms with Crippen LogP contribution in [0.2, 0.25) is 0 Å². The van der Waals surface area contributed by atoms with Crippen LogP contribution in [-0.4, -0.2) is 16.6 Å². The van der Waals surface area contributed by atoms with E-state index in [1.807, 2.05) is 62.4 Å². The molecule has 1 aliphatic rings. The molecule has 5 nitrogen and oxygen atoms in total. The zero-order valence-electron chi connectivity index (χ0n) is 13.9. The highest BCUT2D eigenvalue weighted by Gasteiger charge is 2.29. The summed E-state index contributed by atoms with van der Waals surface area (Å²) >= 11 is 1.64. The van der Waals surface area contributed by atoms with Gasteiger partial charge < -0.3 is 5.32 Å². The SMILES string of the molecule is CC1=NN(c2ccc3sc(C)nc3c2)C(=O)/C1=C/Nc1ccccc1. The van der Waals surface area contributed by atoms with E-state index in [-0.39, 0.29) is 5.91 Å². The van der Waals surface area contributed by atoms with Crippen molar-refractivity contribution >= 4 is 44.5 Å². The van der Waals surface area contributed by atoms with Gasteiger partial charge >= 0.3 is 0 Å². The lowest BCUT2D eigenvalue weighted by atomic mass is 10.2. The van der Waals surface area contributed by atoms with Crippen LogP contribution in [0.15, 0.2) is 65.4 Å². The Morgan fingerprint density at radius 1 is 1.12 bits per heavy atom. The van der Waals surface area contributed by atoms with E-state index >= 15 is 0 Å². The number of hydrazone groups is 1. The minimum Gasteiger partial charge on any atom is -0.361 e. The van der Waals surface area contributed by atoms with Crippen molar-refractivity contribution in [3.63, 3.8) is 0 Å². The summed E-state index contributed by atoms with van der Waals surface area (Å²) in [6.07, 6.45) is 1.71. The molecule has 4 rings (SSSR count). The van der Waals surface area contributed by atoms with Gasteiger partial charge in [0, 0.05) is 11.9 Å². The highest BCUT2D eigenvalue weighted by molar-refractivity contribution is 7.18. The van der Waals surface area contributed by atoms with E-state index in [1.54, 1.807) is 17.5 Å². The number of nitrogens with one attached hydrogen (secondary N) is 1. The largest absolute Gasteiger partial charge is 0.361 e. The molecule has 0 aliphatic carbocycles. The maximum Gasteiger partial charge on any atom is 0.282 e. The average Bonchev–Trinajstić information content (AvgIpc) is 3.12. The van der Waals surface area contributed by atoms with Gasteiger partial charge in [-0.1, -0.05) is 18.2 Å². The summed E-state index contributed by atoms with van der Waals surface area (Å²) in [5.41, 5.74) is 3.78. The predicted molar refractivity (Wildman–Crippen MR) is 103 cm³/mol. The second-order valence-electron chi connectivity index (χ2n) is 5.76. The molecule has 2 heterocycles. The Labute approximate surface area is 149 Å². The molecule has 0 saturated carbocycles. The number of hydrogen-bond acceptors (Lipinski definition) is 5. The fourth-order valence-electron chi connectivity index (χ4n) is 2.71. The molecule has 2 aromatic carbocycles. The summed E-state index contributed by atoms with van der Waals surface area (Å²) in [5.74, 6) is -0.146. The van der Waals surface area contributed by atoms with Gasteiger partial charge in [-0.2, -0.15) is 10.1 Å². The Morgan fingerprint density at radius 2 is 1.92 bits per heavy atom. The van der Waals surface area contributed by atoms with Crippen molar-refractivity contribution in [3.8, 4) is 0 Å². The van der Waals surface area contributed by atoms with Gasteiger partial charge in [0.2, 0.25) is 0 Å². The number of aromatic nitrogens is 1. The third-order valence-electron chi connectivity index (χ3n) is 3.94. The Balaban J connectivity index is 1.62. The molecule has 0 fully saturated rings. The Bertz CT molecular complexity index is 1020. The summed E-state index contributed by atoms with van der Waals surface area (Å²) in [6.45, 7) is 3.81. The number of anilines is 2. The molecular formula is C19H16N4OS. The fraction of sp³-hybridized carbons (Fsp3) is 0.105. The van der Waals surface area contributed by atoms with Crippen LogP contribution in [-0.2, 0) is 4.79 Å². The van der Waals surface area contributed by atoms with Crippen LogP contribution in [0.25, 0.3) is 10.2 Å². The second kappa shape index (κ2) is 6.14. The average molecular weight is 348 g/mol. The molecule has 25 heavy (non-hydrogen) atoms. The fourth-order valence-corrected chi connectivity index (χ4v) is 3.52. The number of para-hydroxylation sites is 1. The van der Waals surface area contributed by atoms with Crippen LogP contribution in [0.3, 0.4) is 0 Å². The quantitative estimate of drug-likeness (QED) is 0.717. The standard InChI is InChI=1S/C19H16N4OS/c1-12-16(11-20-14-6-4-3-5-7-14)19(24)23(22-12)15-8-9-18-17(10-15)21-13(2)25-18/h3-11,20H,1-2H3/b16-11+. The van der Waals surface area contributed by atoms with Crippen molar-refractivity contribution in [2.24, 2.45) is 5.10 Å². The number of amides is 1. The van der Waals surface area contributed by atoms with Crippen molar-refractivity contribution in [1.29, 1.82) is 0 Å². The van der Waals surface area contributed by atoms with E-state index in [2.05, 4.69) is 15.4 Å². The molecule has 3 aromatic rings. The maximum atomic E-state index is 12.8. The summed E-state index contributed by atoms with van der Waals surface area (Å²) in [6, 6.07) is 15.5. The monoisotopic (exact) mass is 348 g/mol. The number of hydrogen-bond donors (Lipinski definition) is 1. The lowest BCUT2D eigenvalue weighted by Gasteiger charge is -2.11. The van der Waals surface area contributed by atoms with Crippen LogP contribution in [0.4, 0.5) is 11.4 Å². The molecule has 0 radical (unpaired) electrons. The lowest BCUT2D eigenvalue weighted by molar-refractivity contribution is -0.114. The van der Waals surface area contributed by atoms with Gasteiger partial charge in [0.1, 0.15) is 0 Å². The number of aryl methyl sites for hydroxylation is 1. The van der Waals surface area contributed by atoms with Gasteiger partial charge in [0.25, 0.3) is 5.91 Å². The van der Waals surface area contributed by atoms with Gasteiger partial charge in [0.05, 0.1) is 32.2 Å². The summed E-state index contributed by atoms with van der Waals surface area (Å²) < 4.78 is 1.11. The molecule has 1 N–H and O–H groups in total. The summed E-state index contributed by atoms with van der Waals surface area (Å²) in [4.78, 5) is 17.3. The van der Waals surface area contributed by atoms with Crippen LogP contribution in [0.5, 0.6) is 0 Å². The molecular weight excluding hydrogens is 332 g/mol. The van der Waals surface area contributed by atoms with Crippen LogP contribution in [0.1, 0.15) is 11.9 Å². The number of carbonyl (C=O) groups excluding carboxylic acids is 1. The molecule has 0 unspecified atom stereocenters. The predicted octanol–water partition coefficient (Wildman–Crippen LogP) is 4.32. The topological polar surface area (TPSA) is 57.6 Å². The molecule has 0 saturated heterocycles. The number of nitrogens with zero attached hydrogens (tertiary/aromatic N) is 3. The number of rotatable bonds is 3. The first kappa shape index (κ1) is 15.5. The van der Waals surface area contributed by atoms with E-state index in [1.165, 1.54) is 5.01 Å². The highest BCUT2D eigenvalue weighted by atomic mass is 32.1. The normalized spacial score (nSPS) is 15.9. The molecule has 1 amide bonds. The highest BCUT2D eigenvalue weighted by Crippen LogP contribution is 2.29. The van der Waals surface area contributed by atoms with Crippen molar-refractivity contribution < 1.29 is 4.79 Å². The van der Waals surface area contributed by atoms with Crippen molar-refractivity contribution in [2.75, 3.05) is 10.3 Å². The van der Waals surface area contributed by atoms with Crippen molar-refractivity contribution in [2.45, 2.75) is 13.8 Å². The Kier molecular flexibility index (Phi) is 3.82. The first-order chi connectivity index (χ1) is 12.1. The molecule has 6 heteroatoms. The lowest BCUT2D eigenvalue weighted by Crippen LogP contribution is -2.21. The molecule has 0 atom stereocenters. The van der Waals surface area contributed by atoms with Crippen molar-refractivity contribution in [3.05, 3.63) is 65.3 Å². The minimum absolute atomic E-state index is 0.146. The minimum atomic E-state index is -0.146. The molecule has 0 bridgehead atoms. The maximum absolute atomic E-state index is 12.8. The summed E-state index contributed by atoms with van der Waals surface area (Å²) in [5, 5.41) is 10.0. The van der Waals surface area contributed by atoms with Crippen LogP contribution in [0, 0.1) is 6.92 Å². The van der Waals surface area contributed by atoms with Crippen LogP contribution >= 0.6 is 11.3 Å². The third kappa shape index (κ3) is 2.92. The zero-order chi connectivity index (χ0) is 17.4. The summed E-state index contributed by atoms with van der Waals surface area (Å²) in [7, 11) is 0. The Morgan fingerprint density at radius 3 is 2.72 bits per heavy atom. The smallest absolute Gasteiger partial charge is 0.282 e. The van der Waals surface area contributed by atoms with Gasteiger partial charge in [0.15, 0.2) is 0 Å². The second-order valence-corrected chi connectivity index (χ2v) is 6.99. The molecule has 124 valence electrons. The van der Waals surface area contributed by atoms with Gasteiger partial charge in [-0.3, -0.25) is 4.79 Å². The number of thiazole rings is 1. The van der Waals surface area contributed by atoms with E-state index in [0.29, 0.717) is 11.3 Å². The first-order valence-electron chi connectivity index (χ1n) is 7.91. The van der Waals surface area contributed by atoms with Gasteiger partial charge in [-0.25, -0.2) is 4.98 Å². The number of carbonyl (C=O) groups is 1. The number of benzene rings is 2. The Hall–Kier alpha value is -2.99. The van der Waals surface area contributed by atoms with Gasteiger partial charge in [-0.15, -0.1) is 11.3 Å². The number of fused-ring (bicyclic) bond motifs is 1. The van der Waals surface area contributed by atoms with E-state index < -0.39 is 0 Å². The molecule has 0 spiro atoms.